The fraction of sp³-hybridized carbons (Fsp3) is 1.00. The van der Waals surface area contributed by atoms with Crippen molar-refractivity contribution in [3.8, 4) is 0 Å². The first kappa shape index (κ1) is 14.7. The van der Waals surface area contributed by atoms with Crippen molar-refractivity contribution >= 4 is 0 Å². The van der Waals surface area contributed by atoms with Crippen molar-refractivity contribution in [1.29, 1.82) is 0 Å². The van der Waals surface area contributed by atoms with E-state index in [9.17, 15) is 18.3 Å². The molecule has 6 heteroatoms. The van der Waals surface area contributed by atoms with E-state index in [1.54, 1.807) is 6.92 Å². The molecule has 17 heavy (non-hydrogen) atoms. The largest absolute Gasteiger partial charge is 0.401 e. The van der Waals surface area contributed by atoms with Gasteiger partial charge in [-0.15, -0.1) is 0 Å². The number of hydrogen-bond acceptors (Lipinski definition) is 3. The van der Waals surface area contributed by atoms with Crippen LogP contribution in [0.2, 0.25) is 0 Å². The lowest BCUT2D eigenvalue weighted by molar-refractivity contribution is -0.152. The molecule has 1 rings (SSSR count). The Hall–Kier alpha value is -0.330. The van der Waals surface area contributed by atoms with E-state index in [0.717, 1.165) is 12.8 Å². The minimum absolute atomic E-state index is 0.160. The van der Waals surface area contributed by atoms with Crippen LogP contribution in [-0.4, -0.2) is 47.5 Å². The van der Waals surface area contributed by atoms with Gasteiger partial charge in [0.25, 0.3) is 0 Å². The van der Waals surface area contributed by atoms with Gasteiger partial charge in [-0.05, 0) is 32.2 Å². The summed E-state index contributed by atoms with van der Waals surface area (Å²) < 4.78 is 37.2. The molecule has 1 aliphatic rings. The van der Waals surface area contributed by atoms with Gasteiger partial charge in [0.1, 0.15) is 0 Å². The third-order valence-corrected chi connectivity index (χ3v) is 3.47. The van der Waals surface area contributed by atoms with Crippen LogP contribution in [0.3, 0.4) is 0 Å². The van der Waals surface area contributed by atoms with Crippen LogP contribution in [0.15, 0.2) is 0 Å². The second kappa shape index (κ2) is 5.54. The minimum Gasteiger partial charge on any atom is -0.394 e. The second-order valence-corrected chi connectivity index (χ2v) is 4.95. The highest BCUT2D eigenvalue weighted by atomic mass is 19.4. The highest BCUT2D eigenvalue weighted by Gasteiger charge is 2.38. The van der Waals surface area contributed by atoms with Gasteiger partial charge in [0, 0.05) is 11.6 Å². The standard InChI is InChI=1S/C11H21F3N2O/c1-2-16(7-11(12,13)14)9-4-3-5-10(15,6-9)8-17/h9,17H,2-8,15H2,1H3. The second-order valence-electron chi connectivity index (χ2n) is 4.95. The molecule has 3 nitrogen and oxygen atoms in total. The SMILES string of the molecule is CCN(CC(F)(F)F)C1CCCC(N)(CO)C1. The van der Waals surface area contributed by atoms with E-state index in [1.165, 1.54) is 4.90 Å². The van der Waals surface area contributed by atoms with Crippen LogP contribution in [0, 0.1) is 0 Å². The average Bonchev–Trinajstić information content (AvgIpc) is 2.25. The monoisotopic (exact) mass is 254 g/mol. The maximum absolute atomic E-state index is 12.4. The van der Waals surface area contributed by atoms with Gasteiger partial charge in [0.2, 0.25) is 0 Å². The summed E-state index contributed by atoms with van der Waals surface area (Å²) in [7, 11) is 0. The average molecular weight is 254 g/mol. The van der Waals surface area contributed by atoms with E-state index < -0.39 is 18.3 Å². The Bertz CT molecular complexity index is 247. The minimum atomic E-state index is -4.18. The Balaban J connectivity index is 2.63. The Kier molecular flexibility index (Phi) is 4.80. The zero-order valence-corrected chi connectivity index (χ0v) is 10.1. The van der Waals surface area contributed by atoms with Gasteiger partial charge in [-0.2, -0.15) is 13.2 Å². The molecule has 2 atom stereocenters. The number of nitrogens with zero attached hydrogens (tertiary/aromatic N) is 1. The number of hydrogen-bond donors (Lipinski definition) is 2. The summed E-state index contributed by atoms with van der Waals surface area (Å²) in [5.74, 6) is 0. The predicted molar refractivity (Wildman–Crippen MR) is 59.6 cm³/mol. The normalized spacial score (nSPS) is 30.9. The molecular weight excluding hydrogens is 233 g/mol. The first-order valence-corrected chi connectivity index (χ1v) is 6.00. The first-order chi connectivity index (χ1) is 7.79. The van der Waals surface area contributed by atoms with Gasteiger partial charge in [0.05, 0.1) is 13.2 Å². The van der Waals surface area contributed by atoms with Gasteiger partial charge in [-0.25, -0.2) is 0 Å². The van der Waals surface area contributed by atoms with Gasteiger partial charge in [-0.3, -0.25) is 4.90 Å². The maximum Gasteiger partial charge on any atom is 0.401 e. The molecule has 0 aliphatic heterocycles. The molecule has 0 aromatic rings. The molecule has 0 bridgehead atoms. The lowest BCUT2D eigenvalue weighted by Gasteiger charge is -2.41. The number of aliphatic hydroxyl groups is 1. The number of alkyl halides is 3. The first-order valence-electron chi connectivity index (χ1n) is 6.00. The summed E-state index contributed by atoms with van der Waals surface area (Å²) >= 11 is 0. The van der Waals surface area contributed by atoms with E-state index >= 15 is 0 Å². The van der Waals surface area contributed by atoms with E-state index in [-0.39, 0.29) is 12.6 Å². The van der Waals surface area contributed by atoms with Crippen LogP contribution in [0.4, 0.5) is 13.2 Å². The summed E-state index contributed by atoms with van der Waals surface area (Å²) in [5.41, 5.74) is 5.24. The van der Waals surface area contributed by atoms with Gasteiger partial charge >= 0.3 is 6.18 Å². The Morgan fingerprint density at radius 2 is 2.12 bits per heavy atom. The van der Waals surface area contributed by atoms with Crippen molar-refractivity contribution in [2.75, 3.05) is 19.7 Å². The molecule has 0 aromatic carbocycles. The number of halogens is 3. The number of nitrogens with two attached hydrogens (primary N) is 1. The molecule has 0 amide bonds. The molecule has 102 valence electrons. The van der Waals surface area contributed by atoms with Gasteiger partial charge in [0.15, 0.2) is 0 Å². The van der Waals surface area contributed by atoms with Crippen molar-refractivity contribution in [3.05, 3.63) is 0 Å². The van der Waals surface area contributed by atoms with Crippen LogP contribution in [0.5, 0.6) is 0 Å². The molecule has 0 aromatic heterocycles. The van der Waals surface area contributed by atoms with Crippen molar-refractivity contribution in [1.82, 2.24) is 4.90 Å². The van der Waals surface area contributed by atoms with Crippen LogP contribution in [0.25, 0.3) is 0 Å². The van der Waals surface area contributed by atoms with Crippen LogP contribution in [0.1, 0.15) is 32.6 Å². The van der Waals surface area contributed by atoms with Crippen molar-refractivity contribution < 1.29 is 18.3 Å². The Morgan fingerprint density at radius 1 is 1.47 bits per heavy atom. The predicted octanol–water partition coefficient (Wildman–Crippen LogP) is 1.50. The summed E-state index contributed by atoms with van der Waals surface area (Å²) in [6.45, 7) is 1.02. The molecule has 0 saturated heterocycles. The topological polar surface area (TPSA) is 49.5 Å². The molecule has 1 fully saturated rings. The molecule has 0 radical (unpaired) electrons. The fourth-order valence-electron chi connectivity index (χ4n) is 2.55. The number of rotatable bonds is 4. The Labute approximate surface area is 99.8 Å². The van der Waals surface area contributed by atoms with Crippen LogP contribution in [-0.2, 0) is 0 Å². The highest BCUT2D eigenvalue weighted by molar-refractivity contribution is 4.94. The quantitative estimate of drug-likeness (QED) is 0.799. The van der Waals surface area contributed by atoms with E-state index in [2.05, 4.69) is 0 Å². The van der Waals surface area contributed by atoms with Gasteiger partial charge < -0.3 is 10.8 Å². The molecule has 1 aliphatic carbocycles. The number of aliphatic hydroxyl groups excluding tert-OH is 1. The fourth-order valence-corrected chi connectivity index (χ4v) is 2.55. The lowest BCUT2D eigenvalue weighted by Crippen LogP contribution is -2.54. The lowest BCUT2D eigenvalue weighted by atomic mass is 9.79. The summed E-state index contributed by atoms with van der Waals surface area (Å²) in [5, 5.41) is 9.19. The molecule has 3 N–H and O–H groups in total. The molecular formula is C11H21F3N2O. The van der Waals surface area contributed by atoms with Crippen molar-refractivity contribution in [2.45, 2.75) is 50.4 Å². The molecule has 2 unspecified atom stereocenters. The summed E-state index contributed by atoms with van der Waals surface area (Å²) in [6, 6.07) is -0.174. The van der Waals surface area contributed by atoms with Crippen LogP contribution < -0.4 is 5.73 Å². The van der Waals surface area contributed by atoms with Crippen LogP contribution >= 0.6 is 0 Å². The third kappa shape index (κ3) is 4.44. The van der Waals surface area contributed by atoms with Crippen molar-refractivity contribution in [2.24, 2.45) is 5.73 Å². The zero-order chi connectivity index (χ0) is 13.1. The Morgan fingerprint density at radius 3 is 2.59 bits per heavy atom. The summed E-state index contributed by atoms with van der Waals surface area (Å²) in [4.78, 5) is 1.41. The van der Waals surface area contributed by atoms with E-state index in [1.807, 2.05) is 0 Å². The highest BCUT2D eigenvalue weighted by Crippen LogP contribution is 2.30. The summed E-state index contributed by atoms with van der Waals surface area (Å²) in [6.07, 6.45) is -1.56. The molecule has 0 spiro atoms. The van der Waals surface area contributed by atoms with E-state index in [4.69, 9.17) is 5.73 Å². The third-order valence-electron chi connectivity index (χ3n) is 3.47. The maximum atomic E-state index is 12.4. The zero-order valence-electron chi connectivity index (χ0n) is 10.1. The molecule has 0 heterocycles. The molecule has 1 saturated carbocycles. The smallest absolute Gasteiger partial charge is 0.394 e. The van der Waals surface area contributed by atoms with Gasteiger partial charge in [-0.1, -0.05) is 6.92 Å². The van der Waals surface area contributed by atoms with E-state index in [0.29, 0.717) is 19.4 Å². The van der Waals surface area contributed by atoms with Crippen molar-refractivity contribution in [3.63, 3.8) is 0 Å².